The Balaban J connectivity index is 2.11. The third kappa shape index (κ3) is 2.34. The summed E-state index contributed by atoms with van der Waals surface area (Å²) in [5.41, 5.74) is 7.89. The van der Waals surface area contributed by atoms with Gasteiger partial charge in [0.2, 0.25) is 0 Å². The van der Waals surface area contributed by atoms with Crippen LogP contribution >= 0.6 is 0 Å². The molecule has 1 aromatic heterocycles. The average molecular weight is 256 g/mol. The zero-order valence-electron chi connectivity index (χ0n) is 11.7. The van der Waals surface area contributed by atoms with Crippen molar-refractivity contribution in [3.63, 3.8) is 0 Å². The Morgan fingerprint density at radius 3 is 2.79 bits per heavy atom. The lowest BCUT2D eigenvalue weighted by Gasteiger charge is -2.37. The van der Waals surface area contributed by atoms with Crippen molar-refractivity contribution >= 4 is 5.82 Å². The fraction of sp³-hybridized carbons (Fsp3) is 0.467. The normalized spacial score (nSPS) is 24.7. The average Bonchev–Trinajstić information content (AvgIpc) is 2.57. The molecule has 100 valence electrons. The van der Waals surface area contributed by atoms with Crippen LogP contribution in [0.3, 0.4) is 0 Å². The highest BCUT2D eigenvalue weighted by Gasteiger charge is 2.43. The number of nitrogens with one attached hydrogen (secondary N) is 1. The largest absolute Gasteiger partial charge is 0.365 e. The van der Waals surface area contributed by atoms with Gasteiger partial charge in [-0.2, -0.15) is 5.26 Å². The lowest BCUT2D eigenvalue weighted by atomic mass is 9.73. The maximum absolute atomic E-state index is 9.03. The molecule has 4 heteroatoms. The molecule has 1 heterocycles. The van der Waals surface area contributed by atoms with Gasteiger partial charge in [-0.15, -0.1) is 0 Å². The molecule has 0 saturated carbocycles. The van der Waals surface area contributed by atoms with E-state index in [9.17, 15) is 0 Å². The number of nitrogens with zero attached hydrogens (tertiary/aromatic N) is 2. The van der Waals surface area contributed by atoms with E-state index in [4.69, 9.17) is 11.0 Å². The first kappa shape index (κ1) is 13.6. The number of nitrogens with two attached hydrogens (primary N) is 1. The maximum Gasteiger partial charge on any atom is 0.144 e. The molecule has 0 bridgehead atoms. The SMILES string of the molecule is CC1(N)CC=C(CNc2ncccc2C#N)C1(C)C. The Morgan fingerprint density at radius 2 is 2.21 bits per heavy atom. The topological polar surface area (TPSA) is 74.7 Å². The first-order chi connectivity index (χ1) is 8.88. The van der Waals surface area contributed by atoms with E-state index in [2.05, 4.69) is 43.2 Å². The van der Waals surface area contributed by atoms with Crippen LogP contribution in [0.4, 0.5) is 5.82 Å². The Hall–Kier alpha value is -1.86. The number of nitriles is 1. The van der Waals surface area contributed by atoms with Gasteiger partial charge in [0.05, 0.1) is 5.56 Å². The standard InChI is InChI=1S/C15H20N4/c1-14(2)12(6-7-15(14,3)17)10-19-13-11(9-16)5-4-8-18-13/h4-6,8H,7,10,17H2,1-3H3,(H,18,19). The number of aromatic nitrogens is 1. The maximum atomic E-state index is 9.03. The quantitative estimate of drug-likeness (QED) is 0.814. The van der Waals surface area contributed by atoms with E-state index in [1.807, 2.05) is 0 Å². The monoisotopic (exact) mass is 256 g/mol. The minimum atomic E-state index is -0.216. The van der Waals surface area contributed by atoms with Crippen molar-refractivity contribution < 1.29 is 0 Å². The Kier molecular flexibility index (Phi) is 3.34. The van der Waals surface area contributed by atoms with Gasteiger partial charge >= 0.3 is 0 Å². The predicted octanol–water partition coefficient (Wildman–Crippen LogP) is 2.44. The molecule has 0 aromatic carbocycles. The van der Waals surface area contributed by atoms with Crippen LogP contribution in [0, 0.1) is 16.7 Å². The molecule has 0 fully saturated rings. The lowest BCUT2D eigenvalue weighted by molar-refractivity contribution is 0.256. The van der Waals surface area contributed by atoms with Crippen molar-refractivity contribution in [3.8, 4) is 6.07 Å². The van der Waals surface area contributed by atoms with Gasteiger partial charge in [-0.05, 0) is 31.1 Å². The van der Waals surface area contributed by atoms with E-state index in [1.54, 1.807) is 18.3 Å². The second-order valence-corrected chi connectivity index (χ2v) is 5.84. The first-order valence-corrected chi connectivity index (χ1v) is 6.46. The van der Waals surface area contributed by atoms with Gasteiger partial charge in [0.1, 0.15) is 11.9 Å². The first-order valence-electron chi connectivity index (χ1n) is 6.46. The highest BCUT2D eigenvalue weighted by atomic mass is 15.0. The summed E-state index contributed by atoms with van der Waals surface area (Å²) in [5, 5.41) is 12.3. The predicted molar refractivity (Wildman–Crippen MR) is 76.5 cm³/mol. The number of pyridine rings is 1. The Bertz CT molecular complexity index is 550. The number of hydrogen-bond acceptors (Lipinski definition) is 4. The lowest BCUT2D eigenvalue weighted by Crippen LogP contribution is -2.48. The van der Waals surface area contributed by atoms with Crippen molar-refractivity contribution in [2.75, 3.05) is 11.9 Å². The van der Waals surface area contributed by atoms with Gasteiger partial charge in [-0.3, -0.25) is 0 Å². The molecule has 1 unspecified atom stereocenters. The van der Waals surface area contributed by atoms with E-state index < -0.39 is 0 Å². The molecule has 1 atom stereocenters. The van der Waals surface area contributed by atoms with E-state index >= 15 is 0 Å². The molecule has 3 N–H and O–H groups in total. The minimum absolute atomic E-state index is 0.0540. The second-order valence-electron chi connectivity index (χ2n) is 5.84. The number of hydrogen-bond donors (Lipinski definition) is 2. The third-order valence-electron chi connectivity index (χ3n) is 4.38. The van der Waals surface area contributed by atoms with Crippen molar-refractivity contribution in [3.05, 3.63) is 35.5 Å². The van der Waals surface area contributed by atoms with Crippen LogP contribution in [0.15, 0.2) is 30.0 Å². The van der Waals surface area contributed by atoms with Gasteiger partial charge in [0, 0.05) is 23.7 Å². The zero-order valence-corrected chi connectivity index (χ0v) is 11.7. The summed E-state index contributed by atoms with van der Waals surface area (Å²) in [6.07, 6.45) is 4.76. The molecule has 1 aromatic rings. The fourth-order valence-corrected chi connectivity index (χ4v) is 2.32. The summed E-state index contributed by atoms with van der Waals surface area (Å²) in [5.74, 6) is 0.632. The van der Waals surface area contributed by atoms with Gasteiger partial charge in [0.15, 0.2) is 0 Å². The van der Waals surface area contributed by atoms with E-state index in [0.29, 0.717) is 17.9 Å². The molecule has 0 saturated heterocycles. The van der Waals surface area contributed by atoms with Crippen LogP contribution in [0.2, 0.25) is 0 Å². The molecule has 19 heavy (non-hydrogen) atoms. The van der Waals surface area contributed by atoms with Gasteiger partial charge in [0.25, 0.3) is 0 Å². The van der Waals surface area contributed by atoms with E-state index in [1.165, 1.54) is 5.57 Å². The van der Waals surface area contributed by atoms with Crippen LogP contribution in [-0.4, -0.2) is 17.1 Å². The summed E-state index contributed by atoms with van der Waals surface area (Å²) < 4.78 is 0. The molecule has 0 radical (unpaired) electrons. The summed E-state index contributed by atoms with van der Waals surface area (Å²) in [7, 11) is 0. The van der Waals surface area contributed by atoms with Gasteiger partial charge in [-0.1, -0.05) is 19.9 Å². The molecule has 0 amide bonds. The molecular formula is C15H20N4. The molecule has 1 aliphatic carbocycles. The summed E-state index contributed by atoms with van der Waals surface area (Å²) >= 11 is 0. The number of rotatable bonds is 3. The van der Waals surface area contributed by atoms with Crippen molar-refractivity contribution in [1.82, 2.24) is 4.98 Å². The molecule has 2 rings (SSSR count). The van der Waals surface area contributed by atoms with Crippen LogP contribution in [0.1, 0.15) is 32.8 Å². The van der Waals surface area contributed by atoms with Crippen molar-refractivity contribution in [1.29, 1.82) is 5.26 Å². The van der Waals surface area contributed by atoms with E-state index in [0.717, 1.165) is 6.42 Å². The fourth-order valence-electron chi connectivity index (χ4n) is 2.32. The zero-order chi connectivity index (χ0) is 14.1. The third-order valence-corrected chi connectivity index (χ3v) is 4.38. The van der Waals surface area contributed by atoms with Crippen LogP contribution in [0.25, 0.3) is 0 Å². The van der Waals surface area contributed by atoms with Gasteiger partial charge < -0.3 is 11.1 Å². The highest BCUT2D eigenvalue weighted by Crippen LogP contribution is 2.44. The van der Waals surface area contributed by atoms with Crippen LogP contribution in [0.5, 0.6) is 0 Å². The van der Waals surface area contributed by atoms with Crippen molar-refractivity contribution in [2.24, 2.45) is 11.1 Å². The van der Waals surface area contributed by atoms with E-state index in [-0.39, 0.29) is 11.0 Å². The molecule has 4 nitrogen and oxygen atoms in total. The summed E-state index contributed by atoms with van der Waals surface area (Å²) in [6.45, 7) is 7.08. The van der Waals surface area contributed by atoms with Crippen molar-refractivity contribution in [2.45, 2.75) is 32.7 Å². The Morgan fingerprint density at radius 1 is 1.47 bits per heavy atom. The number of anilines is 1. The second kappa shape index (κ2) is 4.67. The minimum Gasteiger partial charge on any atom is -0.365 e. The molecular weight excluding hydrogens is 236 g/mol. The van der Waals surface area contributed by atoms with Crippen LogP contribution in [-0.2, 0) is 0 Å². The smallest absolute Gasteiger partial charge is 0.144 e. The van der Waals surface area contributed by atoms with Gasteiger partial charge in [-0.25, -0.2) is 4.98 Å². The summed E-state index contributed by atoms with van der Waals surface area (Å²) in [4.78, 5) is 4.20. The summed E-state index contributed by atoms with van der Waals surface area (Å²) in [6, 6.07) is 5.66. The molecule has 0 aliphatic heterocycles. The molecule has 1 aliphatic rings. The Labute approximate surface area is 114 Å². The molecule has 0 spiro atoms. The van der Waals surface area contributed by atoms with Crippen LogP contribution < -0.4 is 11.1 Å². The highest BCUT2D eigenvalue weighted by molar-refractivity contribution is 5.52.